The van der Waals surface area contributed by atoms with Crippen molar-refractivity contribution in [3.63, 3.8) is 0 Å². The molecule has 0 amide bonds. The number of nitrogens with zero attached hydrogens (tertiary/aromatic N) is 1. The molecule has 2 aromatic carbocycles. The maximum Gasteiger partial charge on any atom is 0.152 e. The van der Waals surface area contributed by atoms with Crippen LogP contribution in [0.25, 0.3) is 0 Å². The summed E-state index contributed by atoms with van der Waals surface area (Å²) in [4.78, 5) is 10.7. The molecule has 0 aromatic heterocycles. The van der Waals surface area contributed by atoms with Gasteiger partial charge in [0.1, 0.15) is 6.29 Å². The smallest absolute Gasteiger partial charge is 0.152 e. The Hall–Kier alpha value is -3.28. The number of carbonyl (C=O) groups is 1. The standard InChI is InChI=1S/C18H9NO/c19-11-3-8-15-4-1-5-16(12-15)9-10-17-6-2-7-18(13-17)14-20/h1-2,4-7,12-14H. The van der Waals surface area contributed by atoms with Gasteiger partial charge >= 0.3 is 0 Å². The van der Waals surface area contributed by atoms with Crippen LogP contribution in [0.1, 0.15) is 27.0 Å². The average molecular weight is 255 g/mol. The van der Waals surface area contributed by atoms with Crippen molar-refractivity contribution in [3.05, 3.63) is 70.8 Å². The van der Waals surface area contributed by atoms with Crippen LogP contribution in [0.3, 0.4) is 0 Å². The molecule has 0 aliphatic heterocycles. The highest BCUT2D eigenvalue weighted by atomic mass is 16.1. The summed E-state index contributed by atoms with van der Waals surface area (Å²) in [5, 5.41) is 8.42. The Labute approximate surface area is 117 Å². The monoisotopic (exact) mass is 255 g/mol. The number of hydrogen-bond acceptors (Lipinski definition) is 2. The van der Waals surface area contributed by atoms with E-state index in [1.165, 1.54) is 0 Å². The van der Waals surface area contributed by atoms with Crippen molar-refractivity contribution in [2.24, 2.45) is 0 Å². The first-order chi connectivity index (χ1) is 9.81. The lowest BCUT2D eigenvalue weighted by Gasteiger charge is -1.93. The lowest BCUT2D eigenvalue weighted by Crippen LogP contribution is -1.82. The third-order valence-electron chi connectivity index (χ3n) is 2.50. The number of rotatable bonds is 1. The SMILES string of the molecule is N#CC#Cc1cccc(C#Cc2cccc(C=O)c2)c1. The van der Waals surface area contributed by atoms with Crippen molar-refractivity contribution in [2.45, 2.75) is 0 Å². The van der Waals surface area contributed by atoms with E-state index < -0.39 is 0 Å². The molecule has 0 aliphatic carbocycles. The second-order valence-electron chi connectivity index (χ2n) is 3.94. The van der Waals surface area contributed by atoms with Gasteiger partial charge in [-0.3, -0.25) is 4.79 Å². The molecule has 0 bridgehead atoms. The fourth-order valence-corrected chi connectivity index (χ4v) is 1.61. The Bertz CT molecular complexity index is 805. The van der Waals surface area contributed by atoms with E-state index in [1.807, 2.05) is 30.3 Å². The third kappa shape index (κ3) is 3.61. The van der Waals surface area contributed by atoms with E-state index in [1.54, 1.807) is 24.3 Å². The van der Waals surface area contributed by atoms with Crippen molar-refractivity contribution in [1.29, 1.82) is 5.26 Å². The molecule has 0 heterocycles. The molecule has 0 unspecified atom stereocenters. The molecule has 0 spiro atoms. The number of nitriles is 1. The van der Waals surface area contributed by atoms with Crippen molar-refractivity contribution in [3.8, 4) is 29.8 Å². The van der Waals surface area contributed by atoms with Crippen LogP contribution in [0.2, 0.25) is 0 Å². The van der Waals surface area contributed by atoms with Gasteiger partial charge in [-0.15, -0.1) is 0 Å². The molecule has 2 nitrogen and oxygen atoms in total. The summed E-state index contributed by atoms with van der Waals surface area (Å²) in [5.41, 5.74) is 2.94. The van der Waals surface area contributed by atoms with Gasteiger partial charge in [-0.2, -0.15) is 5.26 Å². The largest absolute Gasteiger partial charge is 0.298 e. The van der Waals surface area contributed by atoms with Crippen LogP contribution in [-0.4, -0.2) is 6.29 Å². The van der Waals surface area contributed by atoms with E-state index >= 15 is 0 Å². The van der Waals surface area contributed by atoms with Crippen molar-refractivity contribution in [2.75, 3.05) is 0 Å². The van der Waals surface area contributed by atoms with Crippen LogP contribution >= 0.6 is 0 Å². The van der Waals surface area contributed by atoms with Crippen LogP contribution in [-0.2, 0) is 0 Å². The van der Waals surface area contributed by atoms with Gasteiger partial charge in [0.2, 0.25) is 0 Å². The van der Waals surface area contributed by atoms with Gasteiger partial charge in [0.05, 0.1) is 0 Å². The van der Waals surface area contributed by atoms with E-state index in [-0.39, 0.29) is 0 Å². The zero-order chi connectivity index (χ0) is 14.2. The Morgan fingerprint density at radius 2 is 1.45 bits per heavy atom. The molecular weight excluding hydrogens is 246 g/mol. The van der Waals surface area contributed by atoms with Crippen LogP contribution < -0.4 is 0 Å². The van der Waals surface area contributed by atoms with Crippen molar-refractivity contribution < 1.29 is 4.79 Å². The summed E-state index contributed by atoms with van der Waals surface area (Å²) in [6.07, 6.45) is 0.795. The molecule has 0 radical (unpaired) electrons. The average Bonchev–Trinajstić information content (AvgIpc) is 2.51. The summed E-state index contributed by atoms with van der Waals surface area (Å²) in [5.74, 6) is 11.1. The van der Waals surface area contributed by atoms with Crippen LogP contribution in [0, 0.1) is 35.0 Å². The first-order valence-electron chi connectivity index (χ1n) is 5.89. The highest BCUT2D eigenvalue weighted by molar-refractivity contribution is 5.75. The molecule has 0 atom stereocenters. The summed E-state index contributed by atoms with van der Waals surface area (Å²) >= 11 is 0. The molecule has 2 heteroatoms. The minimum absolute atomic E-state index is 0.602. The number of carbonyl (C=O) groups excluding carboxylic acids is 1. The lowest BCUT2D eigenvalue weighted by molar-refractivity contribution is 0.112. The summed E-state index contributed by atoms with van der Waals surface area (Å²) in [6, 6.07) is 16.2. The third-order valence-corrected chi connectivity index (χ3v) is 2.50. The first-order valence-corrected chi connectivity index (χ1v) is 5.89. The highest BCUT2D eigenvalue weighted by Crippen LogP contribution is 2.05. The maximum absolute atomic E-state index is 10.7. The molecule has 2 rings (SSSR count). The van der Waals surface area contributed by atoms with Gasteiger partial charge < -0.3 is 0 Å². The molecule has 20 heavy (non-hydrogen) atoms. The molecule has 0 saturated heterocycles. The normalized spacial score (nSPS) is 8.35. The second kappa shape index (κ2) is 6.60. The number of hydrogen-bond donors (Lipinski definition) is 0. The topological polar surface area (TPSA) is 40.9 Å². The van der Waals surface area contributed by atoms with Crippen molar-refractivity contribution >= 4 is 6.29 Å². The number of aldehydes is 1. The summed E-state index contributed by atoms with van der Waals surface area (Å²) < 4.78 is 0. The van der Waals surface area contributed by atoms with E-state index in [2.05, 4.69) is 23.7 Å². The van der Waals surface area contributed by atoms with E-state index in [0.717, 1.165) is 23.0 Å². The van der Waals surface area contributed by atoms with Gasteiger partial charge in [-0.1, -0.05) is 36.0 Å². The predicted octanol–water partition coefficient (Wildman–Crippen LogP) is 2.77. The molecular formula is C18H9NO. The van der Waals surface area contributed by atoms with Crippen LogP contribution in [0.15, 0.2) is 48.5 Å². The van der Waals surface area contributed by atoms with E-state index in [0.29, 0.717) is 5.56 Å². The molecule has 0 aliphatic rings. The highest BCUT2D eigenvalue weighted by Gasteiger charge is 1.92. The first kappa shape index (κ1) is 13.2. The maximum atomic E-state index is 10.7. The van der Waals surface area contributed by atoms with Crippen LogP contribution in [0.4, 0.5) is 0 Å². The van der Waals surface area contributed by atoms with E-state index in [4.69, 9.17) is 5.26 Å². The minimum Gasteiger partial charge on any atom is -0.298 e. The predicted molar refractivity (Wildman–Crippen MR) is 76.7 cm³/mol. The van der Waals surface area contributed by atoms with Gasteiger partial charge in [-0.05, 0) is 30.3 Å². The zero-order valence-electron chi connectivity index (χ0n) is 10.6. The molecule has 0 fully saturated rings. The van der Waals surface area contributed by atoms with Gasteiger partial charge in [0, 0.05) is 28.2 Å². The molecule has 0 N–H and O–H groups in total. The lowest BCUT2D eigenvalue weighted by atomic mass is 10.1. The molecule has 92 valence electrons. The Morgan fingerprint density at radius 1 is 0.850 bits per heavy atom. The Morgan fingerprint density at radius 3 is 2.10 bits per heavy atom. The molecule has 0 saturated carbocycles. The number of benzene rings is 2. The minimum atomic E-state index is 0.602. The fourth-order valence-electron chi connectivity index (χ4n) is 1.61. The van der Waals surface area contributed by atoms with Crippen molar-refractivity contribution in [1.82, 2.24) is 0 Å². The van der Waals surface area contributed by atoms with E-state index in [9.17, 15) is 4.79 Å². The van der Waals surface area contributed by atoms with Gasteiger partial charge in [0.25, 0.3) is 0 Å². The zero-order valence-corrected chi connectivity index (χ0v) is 10.6. The molecule has 2 aromatic rings. The van der Waals surface area contributed by atoms with Gasteiger partial charge in [0.15, 0.2) is 6.07 Å². The fraction of sp³-hybridized carbons (Fsp3) is 0. The second-order valence-corrected chi connectivity index (χ2v) is 3.94. The summed E-state index contributed by atoms with van der Waals surface area (Å²) in [6.45, 7) is 0. The van der Waals surface area contributed by atoms with Gasteiger partial charge in [-0.25, -0.2) is 0 Å². The quantitative estimate of drug-likeness (QED) is 0.580. The summed E-state index contributed by atoms with van der Waals surface area (Å²) in [7, 11) is 0. The van der Waals surface area contributed by atoms with Crippen LogP contribution in [0.5, 0.6) is 0 Å². The Kier molecular flexibility index (Phi) is 4.34. The Balaban J connectivity index is 2.28.